The highest BCUT2D eigenvalue weighted by atomic mass is 16.4. The van der Waals surface area contributed by atoms with Gasteiger partial charge >= 0.3 is 5.97 Å². The highest BCUT2D eigenvalue weighted by molar-refractivity contribution is 6.30. The number of hydrogen-bond acceptors (Lipinski definition) is 5. The third kappa shape index (κ3) is 3.83. The monoisotopic (exact) mass is 490 g/mol. The molecule has 0 radical (unpaired) electrons. The van der Waals surface area contributed by atoms with E-state index in [0.29, 0.717) is 24.8 Å². The van der Waals surface area contributed by atoms with Gasteiger partial charge in [-0.3, -0.25) is 14.4 Å². The molecule has 3 atom stereocenters. The number of aromatic hydroxyl groups is 2. The molecule has 0 saturated heterocycles. The first-order valence-electron chi connectivity index (χ1n) is 12.5. The Kier molecular flexibility index (Phi) is 6.36. The second-order valence-corrected chi connectivity index (χ2v) is 11.1. The van der Waals surface area contributed by atoms with E-state index in [9.17, 15) is 29.7 Å². The van der Waals surface area contributed by atoms with E-state index in [0.717, 1.165) is 18.4 Å². The molecule has 0 spiro atoms. The van der Waals surface area contributed by atoms with Crippen molar-refractivity contribution in [3.05, 3.63) is 70.3 Å². The molecule has 2 aromatic rings. The van der Waals surface area contributed by atoms with Crippen LogP contribution in [0.3, 0.4) is 0 Å². The number of ketones is 2. The average molecular weight is 491 g/mol. The number of rotatable bonds is 6. The second kappa shape index (κ2) is 8.91. The van der Waals surface area contributed by atoms with Gasteiger partial charge in [0.25, 0.3) is 0 Å². The van der Waals surface area contributed by atoms with E-state index in [1.807, 2.05) is 26.0 Å². The zero-order chi connectivity index (χ0) is 26.6. The molecule has 0 aliphatic heterocycles. The number of hydrogen-bond donors (Lipinski definition) is 3. The zero-order valence-corrected chi connectivity index (χ0v) is 21.4. The molecule has 2 aliphatic carbocycles. The lowest BCUT2D eigenvalue weighted by Crippen LogP contribution is -2.47. The summed E-state index contributed by atoms with van der Waals surface area (Å²) in [5.41, 5.74) is 0.304. The lowest BCUT2D eigenvalue weighted by atomic mass is 9.54. The fourth-order valence-electron chi connectivity index (χ4n) is 6.37. The molecule has 1 saturated carbocycles. The van der Waals surface area contributed by atoms with Gasteiger partial charge < -0.3 is 15.3 Å². The Bertz CT molecular complexity index is 1290. The van der Waals surface area contributed by atoms with E-state index < -0.39 is 23.0 Å². The van der Waals surface area contributed by atoms with E-state index in [4.69, 9.17) is 0 Å². The van der Waals surface area contributed by atoms with Crippen LogP contribution in [0, 0.1) is 16.7 Å². The van der Waals surface area contributed by atoms with E-state index in [-0.39, 0.29) is 51.0 Å². The molecule has 2 aliphatic rings. The van der Waals surface area contributed by atoms with Gasteiger partial charge in [-0.25, -0.2) is 0 Å². The maximum absolute atomic E-state index is 13.7. The summed E-state index contributed by atoms with van der Waals surface area (Å²) in [7, 11) is 0. The number of aliphatic carboxylic acids is 1. The summed E-state index contributed by atoms with van der Waals surface area (Å²) < 4.78 is 0. The van der Waals surface area contributed by atoms with Crippen LogP contribution in [0.15, 0.2) is 36.9 Å². The van der Waals surface area contributed by atoms with Crippen molar-refractivity contribution in [1.29, 1.82) is 0 Å². The Morgan fingerprint density at radius 1 is 1.06 bits per heavy atom. The molecule has 2 aromatic carbocycles. The molecule has 0 aromatic heterocycles. The van der Waals surface area contributed by atoms with Gasteiger partial charge in [-0.2, -0.15) is 0 Å². The average Bonchev–Trinajstić information content (AvgIpc) is 2.82. The molecule has 3 N–H and O–H groups in total. The van der Waals surface area contributed by atoms with Crippen LogP contribution >= 0.6 is 0 Å². The van der Waals surface area contributed by atoms with Crippen molar-refractivity contribution < 1.29 is 29.7 Å². The Balaban J connectivity index is 1.84. The highest BCUT2D eigenvalue weighted by Gasteiger charge is 2.51. The van der Waals surface area contributed by atoms with Crippen molar-refractivity contribution in [2.75, 3.05) is 0 Å². The summed E-state index contributed by atoms with van der Waals surface area (Å²) in [4.78, 5) is 39.5. The van der Waals surface area contributed by atoms with Crippen LogP contribution in [0.5, 0.6) is 11.5 Å². The fourth-order valence-corrected chi connectivity index (χ4v) is 6.37. The van der Waals surface area contributed by atoms with Crippen LogP contribution < -0.4 is 0 Å². The SMILES string of the molecule is C=C[C@@]1(C)CCC[C@@](C)(C(=O)O)[C@@H]1CCc1cc(C(C)C)cc2c1C(=O)c1c(O)ccc(O)c1C2=O. The molecule has 190 valence electrons. The topological polar surface area (TPSA) is 112 Å². The van der Waals surface area contributed by atoms with Crippen molar-refractivity contribution in [2.24, 2.45) is 16.7 Å². The number of phenols is 2. The number of fused-ring (bicyclic) bond motifs is 2. The third-order valence-corrected chi connectivity index (χ3v) is 8.63. The predicted octanol–water partition coefficient (Wildman–Crippen LogP) is 6.01. The Morgan fingerprint density at radius 3 is 2.22 bits per heavy atom. The molecule has 36 heavy (non-hydrogen) atoms. The van der Waals surface area contributed by atoms with Crippen molar-refractivity contribution in [3.8, 4) is 11.5 Å². The smallest absolute Gasteiger partial charge is 0.309 e. The van der Waals surface area contributed by atoms with Gasteiger partial charge in [-0.05, 0) is 79.2 Å². The van der Waals surface area contributed by atoms with E-state index in [2.05, 4.69) is 13.5 Å². The molecule has 6 nitrogen and oxygen atoms in total. The lowest BCUT2D eigenvalue weighted by Gasteiger charge is -2.49. The number of carboxylic acids is 1. The van der Waals surface area contributed by atoms with Crippen LogP contribution in [-0.2, 0) is 11.2 Å². The van der Waals surface area contributed by atoms with Crippen LogP contribution in [-0.4, -0.2) is 32.9 Å². The number of allylic oxidation sites excluding steroid dienone is 1. The van der Waals surface area contributed by atoms with E-state index in [1.54, 1.807) is 13.0 Å². The number of carbonyl (C=O) groups is 3. The number of carbonyl (C=O) groups excluding carboxylic acids is 2. The van der Waals surface area contributed by atoms with E-state index >= 15 is 0 Å². The molecular weight excluding hydrogens is 456 g/mol. The van der Waals surface area contributed by atoms with E-state index in [1.165, 1.54) is 12.1 Å². The second-order valence-electron chi connectivity index (χ2n) is 11.1. The van der Waals surface area contributed by atoms with Crippen LogP contribution in [0.2, 0.25) is 0 Å². The largest absolute Gasteiger partial charge is 0.507 e. The number of phenolic OH excluding ortho intramolecular Hbond substituents is 2. The van der Waals surface area contributed by atoms with Crippen molar-refractivity contribution in [1.82, 2.24) is 0 Å². The van der Waals surface area contributed by atoms with Crippen LogP contribution in [0.25, 0.3) is 0 Å². The van der Waals surface area contributed by atoms with Gasteiger partial charge in [0.05, 0.1) is 16.5 Å². The van der Waals surface area contributed by atoms with Crippen LogP contribution in [0.1, 0.15) is 102 Å². The minimum atomic E-state index is -0.937. The number of aryl methyl sites for hydroxylation is 1. The summed E-state index contributed by atoms with van der Waals surface area (Å²) in [6.07, 6.45) is 4.97. The zero-order valence-electron chi connectivity index (χ0n) is 21.4. The Morgan fingerprint density at radius 2 is 1.67 bits per heavy atom. The van der Waals surface area contributed by atoms with Crippen molar-refractivity contribution in [3.63, 3.8) is 0 Å². The van der Waals surface area contributed by atoms with Gasteiger partial charge in [0.2, 0.25) is 0 Å². The quantitative estimate of drug-likeness (QED) is 0.288. The van der Waals surface area contributed by atoms with Gasteiger partial charge in [0.15, 0.2) is 11.6 Å². The molecule has 0 unspecified atom stereocenters. The molecule has 0 bridgehead atoms. The number of benzene rings is 2. The highest BCUT2D eigenvalue weighted by Crippen LogP contribution is 2.54. The molecule has 0 amide bonds. The third-order valence-electron chi connectivity index (χ3n) is 8.63. The summed E-state index contributed by atoms with van der Waals surface area (Å²) >= 11 is 0. The van der Waals surface area contributed by atoms with Crippen molar-refractivity contribution >= 4 is 17.5 Å². The summed E-state index contributed by atoms with van der Waals surface area (Å²) in [6.45, 7) is 11.9. The fraction of sp³-hybridized carbons (Fsp3) is 0.433. The molecule has 6 heteroatoms. The molecular formula is C30H34O6. The molecule has 1 fully saturated rings. The molecule has 0 heterocycles. The Hall–Kier alpha value is -3.41. The van der Waals surface area contributed by atoms with Gasteiger partial charge in [0, 0.05) is 11.1 Å². The number of carboxylic acid groups (broad SMARTS) is 1. The minimum absolute atomic E-state index is 0.0773. The van der Waals surface area contributed by atoms with Gasteiger partial charge in [0.1, 0.15) is 11.5 Å². The lowest BCUT2D eigenvalue weighted by molar-refractivity contribution is -0.158. The van der Waals surface area contributed by atoms with Gasteiger partial charge in [-0.15, -0.1) is 6.58 Å². The Labute approximate surface area is 211 Å². The first kappa shape index (κ1) is 25.7. The standard InChI is InChI=1S/C30H34O6/c1-6-29(4)12-7-13-30(5,28(35)36)22(29)11-8-17-14-18(16(2)3)15-19-23(17)27(34)25-21(32)10-9-20(31)24(25)26(19)33/h6,9-10,14-16,22,31-32H,1,7-8,11-13H2,2-5H3,(H,35,36)/t22-,29+,30-/m1/s1. The first-order chi connectivity index (χ1) is 16.9. The maximum Gasteiger partial charge on any atom is 0.309 e. The normalized spacial score (nSPS) is 25.4. The van der Waals surface area contributed by atoms with Crippen molar-refractivity contribution in [2.45, 2.75) is 65.7 Å². The molecule has 4 rings (SSSR count). The van der Waals surface area contributed by atoms with Crippen LogP contribution in [0.4, 0.5) is 0 Å². The predicted molar refractivity (Wildman–Crippen MR) is 137 cm³/mol. The summed E-state index contributed by atoms with van der Waals surface area (Å²) in [5, 5.41) is 31.0. The minimum Gasteiger partial charge on any atom is -0.507 e. The summed E-state index contributed by atoms with van der Waals surface area (Å²) in [6, 6.07) is 6.05. The van der Waals surface area contributed by atoms with Gasteiger partial charge in [-0.1, -0.05) is 39.3 Å². The first-order valence-corrected chi connectivity index (χ1v) is 12.5. The maximum atomic E-state index is 13.7. The summed E-state index contributed by atoms with van der Waals surface area (Å²) in [5.74, 6) is -2.67.